The van der Waals surface area contributed by atoms with Crippen molar-refractivity contribution in [1.29, 1.82) is 0 Å². The Balaban J connectivity index is 2.19. The molecule has 0 unspecified atom stereocenters. The van der Waals surface area contributed by atoms with E-state index < -0.39 is 5.82 Å². The van der Waals surface area contributed by atoms with Crippen LogP contribution < -0.4 is 0 Å². The van der Waals surface area contributed by atoms with Crippen LogP contribution in [0.1, 0.15) is 5.76 Å². The summed E-state index contributed by atoms with van der Waals surface area (Å²) < 4.78 is 20.7. The predicted octanol–water partition coefficient (Wildman–Crippen LogP) is 3.53. The van der Waals surface area contributed by atoms with Gasteiger partial charge in [0, 0.05) is 12.1 Å². The minimum atomic E-state index is -0.482. The molecular weight excluding hydrogens is 277 g/mol. The summed E-state index contributed by atoms with van der Waals surface area (Å²) >= 11 is 10.9. The lowest BCUT2D eigenvalue weighted by molar-refractivity contribution is 0.377. The molecule has 0 amide bonds. The molecule has 0 radical (unpaired) electrons. The topological polar surface area (TPSA) is 46.8 Å². The van der Waals surface area contributed by atoms with E-state index in [9.17, 15) is 4.39 Å². The fraction of sp³-hybridized carbons (Fsp3) is 0.0909. The van der Waals surface area contributed by atoms with Crippen LogP contribution in [0.15, 0.2) is 28.9 Å². The lowest BCUT2D eigenvalue weighted by Gasteiger charge is -2.01. The largest absolute Gasteiger partial charge is 0.359 e. The van der Waals surface area contributed by atoms with Crippen LogP contribution in [0, 0.1) is 10.6 Å². The standard InChI is InChI=1S/C11H7ClFN3OS/c12-7-3-9-10(4-8(7)13)16(11(18)15-9)5-6-1-2-14-17-6/h1-4H,5H2,(H,15,18). The zero-order chi connectivity index (χ0) is 12.7. The first-order valence-corrected chi connectivity index (χ1v) is 5.91. The van der Waals surface area contributed by atoms with E-state index in [1.165, 1.54) is 12.1 Å². The summed E-state index contributed by atoms with van der Waals surface area (Å²) in [5.41, 5.74) is 1.32. The van der Waals surface area contributed by atoms with Crippen LogP contribution in [0.5, 0.6) is 0 Å². The van der Waals surface area contributed by atoms with Gasteiger partial charge in [-0.2, -0.15) is 0 Å². The molecule has 18 heavy (non-hydrogen) atoms. The highest BCUT2D eigenvalue weighted by atomic mass is 35.5. The molecule has 0 saturated carbocycles. The van der Waals surface area contributed by atoms with Gasteiger partial charge in [-0.15, -0.1) is 0 Å². The second-order valence-electron chi connectivity index (χ2n) is 3.78. The van der Waals surface area contributed by atoms with Crippen molar-refractivity contribution in [2.45, 2.75) is 6.54 Å². The van der Waals surface area contributed by atoms with E-state index in [0.717, 1.165) is 0 Å². The number of hydrogen-bond acceptors (Lipinski definition) is 3. The Bertz CT molecular complexity index is 763. The highest BCUT2D eigenvalue weighted by Gasteiger charge is 2.10. The van der Waals surface area contributed by atoms with Crippen molar-refractivity contribution in [3.63, 3.8) is 0 Å². The number of hydrogen-bond donors (Lipinski definition) is 1. The van der Waals surface area contributed by atoms with Crippen LogP contribution in [-0.4, -0.2) is 14.7 Å². The maximum atomic E-state index is 13.5. The van der Waals surface area contributed by atoms with E-state index in [-0.39, 0.29) is 5.02 Å². The molecule has 7 heteroatoms. The van der Waals surface area contributed by atoms with Crippen molar-refractivity contribution in [1.82, 2.24) is 14.7 Å². The third kappa shape index (κ3) is 1.83. The third-order valence-corrected chi connectivity index (χ3v) is 3.23. The first kappa shape index (κ1) is 11.4. The predicted molar refractivity (Wildman–Crippen MR) is 67.7 cm³/mol. The van der Waals surface area contributed by atoms with Gasteiger partial charge in [-0.1, -0.05) is 16.8 Å². The maximum absolute atomic E-state index is 13.5. The van der Waals surface area contributed by atoms with Crippen LogP contribution in [0.2, 0.25) is 5.02 Å². The Labute approximate surface area is 111 Å². The van der Waals surface area contributed by atoms with Gasteiger partial charge >= 0.3 is 0 Å². The number of benzene rings is 1. The number of imidazole rings is 1. The fourth-order valence-electron chi connectivity index (χ4n) is 1.79. The molecule has 0 spiro atoms. The van der Waals surface area contributed by atoms with E-state index in [1.807, 2.05) is 0 Å². The second-order valence-corrected chi connectivity index (χ2v) is 4.57. The van der Waals surface area contributed by atoms with E-state index in [0.29, 0.717) is 28.1 Å². The molecule has 0 bridgehead atoms. The van der Waals surface area contributed by atoms with Gasteiger partial charge in [0.25, 0.3) is 0 Å². The Hall–Kier alpha value is -1.66. The Morgan fingerprint density at radius 1 is 1.50 bits per heavy atom. The molecule has 0 fully saturated rings. The number of H-pyrrole nitrogens is 1. The van der Waals surface area contributed by atoms with Gasteiger partial charge in [0.05, 0.1) is 28.8 Å². The smallest absolute Gasteiger partial charge is 0.178 e. The molecule has 1 aromatic carbocycles. The summed E-state index contributed by atoms with van der Waals surface area (Å²) in [7, 11) is 0. The van der Waals surface area contributed by atoms with Gasteiger partial charge in [-0.25, -0.2) is 4.39 Å². The summed E-state index contributed by atoms with van der Waals surface area (Å²) in [5, 5.41) is 3.68. The zero-order valence-corrected chi connectivity index (χ0v) is 10.6. The Morgan fingerprint density at radius 2 is 2.33 bits per heavy atom. The minimum Gasteiger partial charge on any atom is -0.359 e. The van der Waals surface area contributed by atoms with Crippen LogP contribution >= 0.6 is 23.8 Å². The Kier molecular flexibility index (Phi) is 2.68. The van der Waals surface area contributed by atoms with Crippen molar-refractivity contribution in [2.24, 2.45) is 0 Å². The average molecular weight is 284 g/mol. The summed E-state index contributed by atoms with van der Waals surface area (Å²) in [6.07, 6.45) is 1.55. The molecule has 2 aromatic heterocycles. The van der Waals surface area contributed by atoms with Gasteiger partial charge in [0.1, 0.15) is 5.82 Å². The van der Waals surface area contributed by atoms with Gasteiger partial charge in [-0.05, 0) is 18.3 Å². The summed E-state index contributed by atoms with van der Waals surface area (Å²) in [4.78, 5) is 2.97. The molecule has 0 aliphatic carbocycles. The fourth-order valence-corrected chi connectivity index (χ4v) is 2.22. The van der Waals surface area contributed by atoms with Crippen molar-refractivity contribution < 1.29 is 8.91 Å². The summed E-state index contributed by atoms with van der Waals surface area (Å²) in [6.45, 7) is 0.389. The molecule has 0 saturated heterocycles. The van der Waals surface area contributed by atoms with E-state index in [4.69, 9.17) is 28.3 Å². The third-order valence-electron chi connectivity index (χ3n) is 2.62. The minimum absolute atomic E-state index is 0.0607. The van der Waals surface area contributed by atoms with Crippen LogP contribution in [0.25, 0.3) is 11.0 Å². The van der Waals surface area contributed by atoms with E-state index >= 15 is 0 Å². The molecule has 3 aromatic rings. The molecule has 0 aliphatic rings. The number of nitrogens with zero attached hydrogens (tertiary/aromatic N) is 2. The number of rotatable bonds is 2. The molecular formula is C11H7ClFN3OS. The van der Waals surface area contributed by atoms with Crippen LogP contribution in [0.4, 0.5) is 4.39 Å². The first-order valence-electron chi connectivity index (χ1n) is 5.12. The summed E-state index contributed by atoms with van der Waals surface area (Å²) in [5.74, 6) is 0.159. The highest BCUT2D eigenvalue weighted by molar-refractivity contribution is 7.71. The number of aromatic nitrogens is 3. The van der Waals surface area contributed by atoms with Crippen molar-refractivity contribution >= 4 is 34.9 Å². The highest BCUT2D eigenvalue weighted by Crippen LogP contribution is 2.23. The van der Waals surface area contributed by atoms with Gasteiger partial charge in [0.2, 0.25) is 0 Å². The number of fused-ring (bicyclic) bond motifs is 1. The molecule has 0 aliphatic heterocycles. The van der Waals surface area contributed by atoms with Gasteiger partial charge < -0.3 is 14.1 Å². The van der Waals surface area contributed by atoms with Gasteiger partial charge in [-0.3, -0.25) is 0 Å². The number of nitrogens with one attached hydrogen (secondary N) is 1. The maximum Gasteiger partial charge on any atom is 0.178 e. The molecule has 1 N–H and O–H groups in total. The van der Waals surface area contributed by atoms with E-state index in [2.05, 4.69) is 10.1 Å². The quantitative estimate of drug-likeness (QED) is 0.732. The lowest BCUT2D eigenvalue weighted by atomic mass is 10.3. The van der Waals surface area contributed by atoms with Crippen molar-refractivity contribution in [3.05, 3.63) is 45.8 Å². The van der Waals surface area contributed by atoms with Crippen molar-refractivity contribution in [3.8, 4) is 0 Å². The molecule has 4 nitrogen and oxygen atoms in total. The molecule has 3 rings (SSSR count). The van der Waals surface area contributed by atoms with Crippen LogP contribution in [-0.2, 0) is 6.54 Å². The normalized spacial score (nSPS) is 11.2. The SMILES string of the molecule is Fc1cc2c(cc1Cl)[nH]c(=S)n2Cc1ccno1. The second kappa shape index (κ2) is 4.22. The average Bonchev–Trinajstić information content (AvgIpc) is 2.92. The van der Waals surface area contributed by atoms with Crippen molar-refractivity contribution in [2.75, 3.05) is 0 Å². The zero-order valence-electron chi connectivity index (χ0n) is 8.98. The lowest BCUT2D eigenvalue weighted by Crippen LogP contribution is -1.98. The van der Waals surface area contributed by atoms with E-state index in [1.54, 1.807) is 16.8 Å². The van der Waals surface area contributed by atoms with Gasteiger partial charge in [0.15, 0.2) is 10.5 Å². The molecule has 2 heterocycles. The Morgan fingerprint density at radius 3 is 3.06 bits per heavy atom. The monoisotopic (exact) mass is 283 g/mol. The number of aromatic amines is 1. The molecule has 0 atom stereocenters. The number of halogens is 2. The van der Waals surface area contributed by atoms with Crippen LogP contribution in [0.3, 0.4) is 0 Å². The summed E-state index contributed by atoms with van der Waals surface area (Å²) in [6, 6.07) is 4.59. The molecule has 92 valence electrons. The first-order chi connectivity index (χ1) is 8.65.